The van der Waals surface area contributed by atoms with Crippen molar-refractivity contribution >= 4 is 11.8 Å². The van der Waals surface area contributed by atoms with Gasteiger partial charge in [-0.1, -0.05) is 0 Å². The minimum Gasteiger partial charge on any atom is -0.472 e. The van der Waals surface area contributed by atoms with E-state index in [1.807, 2.05) is 4.90 Å². The van der Waals surface area contributed by atoms with E-state index in [-0.39, 0.29) is 17.4 Å². The third-order valence-corrected chi connectivity index (χ3v) is 6.67. The first-order valence-corrected chi connectivity index (χ1v) is 9.91. The van der Waals surface area contributed by atoms with Gasteiger partial charge in [0.25, 0.3) is 5.91 Å². The van der Waals surface area contributed by atoms with Crippen LogP contribution in [0.25, 0.3) is 0 Å². The normalized spacial score (nSPS) is 26.4. The molecule has 6 heteroatoms. The van der Waals surface area contributed by atoms with Crippen LogP contribution in [0.3, 0.4) is 0 Å². The van der Waals surface area contributed by atoms with Crippen LogP contribution < -0.4 is 0 Å². The Kier molecular flexibility index (Phi) is 4.78. The van der Waals surface area contributed by atoms with Crippen LogP contribution in [0.2, 0.25) is 0 Å². The number of hydrogen-bond donors (Lipinski definition) is 0. The van der Waals surface area contributed by atoms with Gasteiger partial charge in [0.15, 0.2) is 0 Å². The second-order valence-corrected chi connectivity index (χ2v) is 8.19. The molecule has 0 aliphatic carbocycles. The Morgan fingerprint density at radius 3 is 2.38 bits per heavy atom. The Morgan fingerprint density at radius 1 is 1.00 bits per heavy atom. The number of carbonyl (C=O) groups excluding carboxylic acids is 2. The van der Waals surface area contributed by atoms with Crippen LogP contribution >= 0.6 is 0 Å². The first-order valence-electron chi connectivity index (χ1n) is 9.91. The monoisotopic (exact) mass is 359 g/mol. The second-order valence-electron chi connectivity index (χ2n) is 8.19. The van der Waals surface area contributed by atoms with Gasteiger partial charge in [-0.15, -0.1) is 0 Å². The minimum atomic E-state index is -0.0273. The van der Waals surface area contributed by atoms with Crippen LogP contribution in [0.1, 0.15) is 48.9 Å². The van der Waals surface area contributed by atoms with Crippen molar-refractivity contribution < 1.29 is 14.0 Å². The fraction of sp³-hybridized carbons (Fsp3) is 0.700. The molecule has 26 heavy (non-hydrogen) atoms. The summed E-state index contributed by atoms with van der Waals surface area (Å²) in [6.45, 7) is 4.25. The van der Waals surface area contributed by atoms with Crippen molar-refractivity contribution in [2.45, 2.75) is 44.6 Å². The molecule has 1 unspecified atom stereocenters. The summed E-state index contributed by atoms with van der Waals surface area (Å²) < 4.78 is 5.05. The lowest BCUT2D eigenvalue weighted by Crippen LogP contribution is -2.61. The molecule has 0 saturated carbocycles. The summed E-state index contributed by atoms with van der Waals surface area (Å²) in [7, 11) is 2.10. The molecule has 0 aromatic carbocycles. The fourth-order valence-electron chi connectivity index (χ4n) is 5.22. The minimum absolute atomic E-state index is 0.0137. The van der Waals surface area contributed by atoms with Gasteiger partial charge in [-0.3, -0.25) is 14.5 Å². The zero-order valence-electron chi connectivity index (χ0n) is 15.7. The molecule has 0 radical (unpaired) electrons. The lowest BCUT2D eigenvalue weighted by atomic mass is 9.66. The second kappa shape index (κ2) is 7.06. The van der Waals surface area contributed by atoms with Gasteiger partial charge in [0.2, 0.25) is 5.91 Å². The number of likely N-dealkylation sites (N-methyl/N-ethyl adjacent to an activating group) is 1. The van der Waals surface area contributed by atoms with Crippen molar-refractivity contribution in [1.82, 2.24) is 14.7 Å². The molecule has 6 nitrogen and oxygen atoms in total. The van der Waals surface area contributed by atoms with E-state index >= 15 is 0 Å². The maximum absolute atomic E-state index is 13.3. The van der Waals surface area contributed by atoms with Crippen LogP contribution in [-0.2, 0) is 4.79 Å². The maximum atomic E-state index is 13.3. The van der Waals surface area contributed by atoms with Crippen LogP contribution in [0, 0.1) is 5.41 Å². The highest BCUT2D eigenvalue weighted by Gasteiger charge is 2.50. The van der Waals surface area contributed by atoms with Gasteiger partial charge in [-0.2, -0.15) is 0 Å². The molecule has 1 aromatic rings. The van der Waals surface area contributed by atoms with Crippen molar-refractivity contribution in [3.63, 3.8) is 0 Å². The number of piperidine rings is 2. The molecular formula is C20H29N3O3. The zero-order valence-corrected chi connectivity index (χ0v) is 15.7. The zero-order chi connectivity index (χ0) is 18.1. The highest BCUT2D eigenvalue weighted by atomic mass is 16.3. The third kappa shape index (κ3) is 3.04. The summed E-state index contributed by atoms with van der Waals surface area (Å²) in [5.74, 6) is 0.361. The molecule has 0 N–H and O–H groups in total. The van der Waals surface area contributed by atoms with Gasteiger partial charge >= 0.3 is 0 Å². The van der Waals surface area contributed by atoms with Gasteiger partial charge in [-0.25, -0.2) is 0 Å². The fourth-order valence-corrected chi connectivity index (χ4v) is 5.22. The summed E-state index contributed by atoms with van der Waals surface area (Å²) >= 11 is 0. The predicted octanol–water partition coefficient (Wildman–Crippen LogP) is 2.22. The van der Waals surface area contributed by atoms with Crippen LogP contribution in [-0.4, -0.2) is 72.3 Å². The lowest BCUT2D eigenvalue weighted by Gasteiger charge is -2.52. The van der Waals surface area contributed by atoms with Gasteiger partial charge < -0.3 is 14.2 Å². The van der Waals surface area contributed by atoms with E-state index in [4.69, 9.17) is 4.42 Å². The van der Waals surface area contributed by atoms with Gasteiger partial charge in [0, 0.05) is 26.2 Å². The lowest BCUT2D eigenvalue weighted by molar-refractivity contribution is -0.145. The first-order chi connectivity index (χ1) is 12.6. The maximum Gasteiger partial charge on any atom is 0.257 e. The molecule has 1 aromatic heterocycles. The molecule has 4 rings (SSSR count). The largest absolute Gasteiger partial charge is 0.472 e. The molecule has 0 bridgehead atoms. The number of nitrogens with zero attached hydrogens (tertiary/aromatic N) is 3. The van der Waals surface area contributed by atoms with E-state index in [1.54, 1.807) is 12.3 Å². The standard InChI is InChI=1S/C20H29N3O3/c1-21-9-4-6-20(17(21)19(25)22-10-2-3-11-22)7-12-23(13-8-20)18(24)16-5-14-26-15-16/h5,14-15,17H,2-4,6-13H2,1H3. The van der Waals surface area contributed by atoms with Gasteiger partial charge in [-0.05, 0) is 63.6 Å². The summed E-state index contributed by atoms with van der Waals surface area (Å²) in [6, 6.07) is 1.70. The Morgan fingerprint density at radius 2 is 1.73 bits per heavy atom. The van der Waals surface area contributed by atoms with Crippen molar-refractivity contribution in [2.24, 2.45) is 5.41 Å². The van der Waals surface area contributed by atoms with E-state index in [9.17, 15) is 9.59 Å². The van der Waals surface area contributed by atoms with E-state index in [1.165, 1.54) is 6.26 Å². The Labute approximate surface area is 155 Å². The van der Waals surface area contributed by atoms with Gasteiger partial charge in [0.05, 0.1) is 17.9 Å². The average molecular weight is 359 g/mol. The number of amides is 2. The number of furan rings is 1. The van der Waals surface area contributed by atoms with Crippen LogP contribution in [0.15, 0.2) is 23.0 Å². The highest BCUT2D eigenvalue weighted by molar-refractivity contribution is 5.94. The molecule has 4 heterocycles. The van der Waals surface area contributed by atoms with Gasteiger partial charge in [0.1, 0.15) is 6.26 Å². The number of likely N-dealkylation sites (tertiary alicyclic amines) is 3. The molecule has 142 valence electrons. The van der Waals surface area contributed by atoms with E-state index in [0.29, 0.717) is 11.5 Å². The Balaban J connectivity index is 1.49. The molecular weight excluding hydrogens is 330 g/mol. The van der Waals surface area contributed by atoms with Crippen molar-refractivity contribution in [2.75, 3.05) is 39.8 Å². The predicted molar refractivity (Wildman–Crippen MR) is 97.7 cm³/mol. The van der Waals surface area contributed by atoms with Crippen molar-refractivity contribution in [3.8, 4) is 0 Å². The Bertz CT molecular complexity index is 643. The molecule has 1 atom stereocenters. The smallest absolute Gasteiger partial charge is 0.257 e. The summed E-state index contributed by atoms with van der Waals surface area (Å²) in [5.41, 5.74) is 0.631. The molecule has 3 saturated heterocycles. The third-order valence-electron chi connectivity index (χ3n) is 6.67. The number of carbonyl (C=O) groups is 2. The molecule has 3 aliphatic heterocycles. The summed E-state index contributed by atoms with van der Waals surface area (Å²) in [4.78, 5) is 32.1. The quantitative estimate of drug-likeness (QED) is 0.812. The van der Waals surface area contributed by atoms with E-state index in [2.05, 4.69) is 16.8 Å². The van der Waals surface area contributed by atoms with Crippen molar-refractivity contribution in [1.29, 1.82) is 0 Å². The summed E-state index contributed by atoms with van der Waals surface area (Å²) in [5, 5.41) is 0. The Hall–Kier alpha value is -1.82. The highest BCUT2D eigenvalue weighted by Crippen LogP contribution is 2.45. The number of hydrogen-bond acceptors (Lipinski definition) is 4. The van der Waals surface area contributed by atoms with E-state index in [0.717, 1.165) is 71.2 Å². The number of rotatable bonds is 2. The van der Waals surface area contributed by atoms with Crippen LogP contribution in [0.5, 0.6) is 0 Å². The van der Waals surface area contributed by atoms with E-state index < -0.39 is 0 Å². The van der Waals surface area contributed by atoms with Crippen LogP contribution in [0.4, 0.5) is 0 Å². The molecule has 1 spiro atoms. The molecule has 2 amide bonds. The SMILES string of the molecule is CN1CCCC2(CCN(C(=O)c3ccoc3)CC2)C1C(=O)N1CCCC1. The average Bonchev–Trinajstić information content (AvgIpc) is 3.35. The molecule has 3 aliphatic rings. The van der Waals surface area contributed by atoms with Crippen molar-refractivity contribution in [3.05, 3.63) is 24.2 Å². The molecule has 3 fully saturated rings. The topological polar surface area (TPSA) is 57.0 Å². The first kappa shape index (κ1) is 17.6. The summed E-state index contributed by atoms with van der Waals surface area (Å²) in [6.07, 6.45) is 9.35.